The van der Waals surface area contributed by atoms with Crippen molar-refractivity contribution in [2.24, 2.45) is 0 Å². The normalized spacial score (nSPS) is 20.8. The van der Waals surface area contributed by atoms with Crippen LogP contribution in [0.25, 0.3) is 0 Å². The molecule has 6 nitrogen and oxygen atoms in total. The van der Waals surface area contributed by atoms with Crippen molar-refractivity contribution in [1.82, 2.24) is 14.9 Å². The standard InChI is InChI=1S/C22H23ClN4O2/c23-17-7-5-16(6-8-17)22(9-1-2-10-22)21(28)27-13-3-4-18(15-27)29-20-19(14-24)25-11-12-26-20/h5-8,11-12,18H,1-4,9-10,13,15H2. The van der Waals surface area contributed by atoms with Gasteiger partial charge in [0.2, 0.25) is 11.6 Å². The number of ether oxygens (including phenoxy) is 1. The molecule has 7 heteroatoms. The molecule has 1 aromatic carbocycles. The number of amides is 1. The zero-order valence-electron chi connectivity index (χ0n) is 16.2. The van der Waals surface area contributed by atoms with Gasteiger partial charge >= 0.3 is 0 Å². The van der Waals surface area contributed by atoms with Gasteiger partial charge in [-0.3, -0.25) is 4.79 Å². The van der Waals surface area contributed by atoms with E-state index in [2.05, 4.69) is 9.97 Å². The molecule has 1 aliphatic carbocycles. The molecule has 2 heterocycles. The van der Waals surface area contributed by atoms with Gasteiger partial charge in [0.05, 0.1) is 12.0 Å². The molecule has 0 N–H and O–H groups in total. The largest absolute Gasteiger partial charge is 0.470 e. The Kier molecular flexibility index (Phi) is 5.68. The molecule has 1 unspecified atom stereocenters. The fourth-order valence-corrected chi connectivity index (χ4v) is 4.67. The molecule has 1 atom stereocenters. The number of hydrogen-bond donors (Lipinski definition) is 0. The van der Waals surface area contributed by atoms with Crippen molar-refractivity contribution < 1.29 is 9.53 Å². The summed E-state index contributed by atoms with van der Waals surface area (Å²) in [6.07, 6.45) is 8.28. The Morgan fingerprint density at radius 2 is 1.90 bits per heavy atom. The highest BCUT2D eigenvalue weighted by Gasteiger charge is 2.45. The number of carbonyl (C=O) groups is 1. The average Bonchev–Trinajstić information content (AvgIpc) is 3.25. The number of hydrogen-bond acceptors (Lipinski definition) is 5. The van der Waals surface area contributed by atoms with Crippen molar-refractivity contribution in [2.45, 2.75) is 50.0 Å². The van der Waals surface area contributed by atoms with Crippen molar-refractivity contribution >= 4 is 17.5 Å². The van der Waals surface area contributed by atoms with Gasteiger partial charge in [-0.05, 0) is 43.4 Å². The Labute approximate surface area is 175 Å². The van der Waals surface area contributed by atoms with Crippen LogP contribution in [0.5, 0.6) is 5.88 Å². The van der Waals surface area contributed by atoms with E-state index in [0.29, 0.717) is 11.6 Å². The van der Waals surface area contributed by atoms with Crippen LogP contribution in [-0.2, 0) is 10.2 Å². The van der Waals surface area contributed by atoms with Gasteiger partial charge in [0.25, 0.3) is 5.88 Å². The summed E-state index contributed by atoms with van der Waals surface area (Å²) in [7, 11) is 0. The lowest BCUT2D eigenvalue weighted by Gasteiger charge is -2.39. The van der Waals surface area contributed by atoms with Gasteiger partial charge in [0.15, 0.2) is 0 Å². The zero-order valence-corrected chi connectivity index (χ0v) is 16.9. The van der Waals surface area contributed by atoms with Crippen LogP contribution in [0.1, 0.15) is 49.8 Å². The Bertz CT molecular complexity index is 919. The summed E-state index contributed by atoms with van der Waals surface area (Å²) in [5, 5.41) is 9.88. The van der Waals surface area contributed by atoms with Crippen LogP contribution in [0.4, 0.5) is 0 Å². The fraction of sp³-hybridized carbons (Fsp3) is 0.455. The van der Waals surface area contributed by atoms with Crippen molar-refractivity contribution in [3.8, 4) is 11.9 Å². The first-order valence-electron chi connectivity index (χ1n) is 10.1. The second-order valence-electron chi connectivity index (χ2n) is 7.75. The highest BCUT2D eigenvalue weighted by molar-refractivity contribution is 6.30. The number of nitrogens with zero attached hydrogens (tertiary/aromatic N) is 4. The number of halogens is 1. The molecular weight excluding hydrogens is 388 g/mol. The van der Waals surface area contributed by atoms with E-state index in [4.69, 9.17) is 16.3 Å². The highest BCUT2D eigenvalue weighted by atomic mass is 35.5. The van der Waals surface area contributed by atoms with E-state index in [1.165, 1.54) is 12.4 Å². The van der Waals surface area contributed by atoms with Gasteiger partial charge in [-0.25, -0.2) is 9.97 Å². The monoisotopic (exact) mass is 410 g/mol. The Morgan fingerprint density at radius 1 is 1.17 bits per heavy atom. The number of piperidine rings is 1. The number of carbonyl (C=O) groups excluding carboxylic acids is 1. The smallest absolute Gasteiger partial charge is 0.251 e. The predicted octanol–water partition coefficient (Wildman–Crippen LogP) is 3.88. The SMILES string of the molecule is N#Cc1nccnc1OC1CCCN(C(=O)C2(c3ccc(Cl)cc3)CCCC2)C1. The van der Waals surface area contributed by atoms with Crippen LogP contribution >= 0.6 is 11.6 Å². The van der Waals surface area contributed by atoms with Crippen molar-refractivity contribution in [1.29, 1.82) is 5.26 Å². The highest BCUT2D eigenvalue weighted by Crippen LogP contribution is 2.43. The second-order valence-corrected chi connectivity index (χ2v) is 8.19. The van der Waals surface area contributed by atoms with E-state index in [9.17, 15) is 10.1 Å². The number of nitriles is 1. The lowest BCUT2D eigenvalue weighted by atomic mass is 9.77. The Hall–Kier alpha value is -2.65. The third-order valence-electron chi connectivity index (χ3n) is 5.98. The van der Waals surface area contributed by atoms with Crippen LogP contribution in [0.15, 0.2) is 36.7 Å². The topological polar surface area (TPSA) is 79.1 Å². The predicted molar refractivity (Wildman–Crippen MR) is 109 cm³/mol. The maximum Gasteiger partial charge on any atom is 0.251 e. The molecule has 1 saturated carbocycles. The molecule has 0 spiro atoms. The van der Waals surface area contributed by atoms with Gasteiger partial charge in [0.1, 0.15) is 12.2 Å². The summed E-state index contributed by atoms with van der Waals surface area (Å²) < 4.78 is 5.97. The maximum atomic E-state index is 13.7. The minimum Gasteiger partial charge on any atom is -0.470 e. The molecule has 1 aliphatic heterocycles. The summed E-state index contributed by atoms with van der Waals surface area (Å²) in [6, 6.07) is 9.71. The summed E-state index contributed by atoms with van der Waals surface area (Å²) in [5.74, 6) is 0.410. The number of rotatable bonds is 4. The summed E-state index contributed by atoms with van der Waals surface area (Å²) >= 11 is 6.07. The van der Waals surface area contributed by atoms with E-state index in [-0.39, 0.29) is 23.6 Å². The van der Waals surface area contributed by atoms with Crippen molar-refractivity contribution in [2.75, 3.05) is 13.1 Å². The van der Waals surface area contributed by atoms with Crippen LogP contribution in [0, 0.1) is 11.3 Å². The fourth-order valence-electron chi connectivity index (χ4n) is 4.54. The minimum absolute atomic E-state index is 0.171. The van der Waals surface area contributed by atoms with Crippen LogP contribution in [0.2, 0.25) is 5.02 Å². The molecule has 2 fully saturated rings. The first kappa shape index (κ1) is 19.7. The van der Waals surface area contributed by atoms with Gasteiger partial charge in [-0.1, -0.05) is 36.6 Å². The quantitative estimate of drug-likeness (QED) is 0.764. The minimum atomic E-state index is -0.475. The molecule has 150 valence electrons. The molecule has 29 heavy (non-hydrogen) atoms. The molecule has 4 rings (SSSR count). The van der Waals surface area contributed by atoms with E-state index >= 15 is 0 Å². The van der Waals surface area contributed by atoms with Gasteiger partial charge in [0, 0.05) is 24.0 Å². The molecule has 0 bridgehead atoms. The van der Waals surface area contributed by atoms with Crippen LogP contribution < -0.4 is 4.74 Å². The van der Waals surface area contributed by atoms with Crippen molar-refractivity contribution in [3.63, 3.8) is 0 Å². The third-order valence-corrected chi connectivity index (χ3v) is 6.23. The summed E-state index contributed by atoms with van der Waals surface area (Å²) in [4.78, 5) is 23.7. The van der Waals surface area contributed by atoms with Gasteiger partial charge in [-0.2, -0.15) is 5.26 Å². The lowest BCUT2D eigenvalue weighted by molar-refractivity contribution is -0.140. The van der Waals surface area contributed by atoms with Crippen LogP contribution in [-0.4, -0.2) is 40.0 Å². The third kappa shape index (κ3) is 3.92. The second kappa shape index (κ2) is 8.38. The van der Waals surface area contributed by atoms with E-state index in [1.807, 2.05) is 35.2 Å². The maximum absolute atomic E-state index is 13.7. The summed E-state index contributed by atoms with van der Waals surface area (Å²) in [6.45, 7) is 1.22. The molecule has 2 aliphatic rings. The number of benzene rings is 1. The van der Waals surface area contributed by atoms with Crippen molar-refractivity contribution in [3.05, 3.63) is 52.9 Å². The first-order chi connectivity index (χ1) is 14.1. The molecule has 0 radical (unpaired) electrons. The lowest BCUT2D eigenvalue weighted by Crippen LogP contribution is -2.51. The molecular formula is C22H23ClN4O2. The molecule has 2 aromatic rings. The average molecular weight is 411 g/mol. The first-order valence-corrected chi connectivity index (χ1v) is 10.4. The summed E-state index contributed by atoms with van der Waals surface area (Å²) in [5.41, 5.74) is 0.745. The molecule has 1 amide bonds. The molecule has 1 saturated heterocycles. The number of likely N-dealkylation sites (tertiary alicyclic amines) is 1. The van der Waals surface area contributed by atoms with E-state index < -0.39 is 5.41 Å². The van der Waals surface area contributed by atoms with Gasteiger partial charge < -0.3 is 9.64 Å². The van der Waals surface area contributed by atoms with Crippen LogP contribution in [0.3, 0.4) is 0 Å². The molecule has 1 aromatic heterocycles. The van der Waals surface area contributed by atoms with E-state index in [0.717, 1.165) is 50.6 Å². The van der Waals surface area contributed by atoms with Gasteiger partial charge in [-0.15, -0.1) is 0 Å². The number of aromatic nitrogens is 2. The Balaban J connectivity index is 1.53. The van der Waals surface area contributed by atoms with E-state index in [1.54, 1.807) is 0 Å². The zero-order chi connectivity index (χ0) is 20.3. The Morgan fingerprint density at radius 3 is 2.62 bits per heavy atom.